The summed E-state index contributed by atoms with van der Waals surface area (Å²) in [6.45, 7) is 2.94. The van der Waals surface area contributed by atoms with Crippen molar-refractivity contribution in [2.24, 2.45) is 0 Å². The largest absolute Gasteiger partial charge is 0.368 e. The Balaban J connectivity index is 1.31. The van der Waals surface area contributed by atoms with Gasteiger partial charge >= 0.3 is 0 Å². The standard InChI is InChI=1S/C18H17N7OS/c1-12-4-7-25(24-12)17-9-16(21-10-22-17)19-5-6-20-18(26)13-2-3-14-15(8-13)27-11-23-14/h2-4,7-11H,5-6H2,1H3,(H,20,26)(H,19,21,22). The second-order valence-electron chi connectivity index (χ2n) is 5.88. The molecule has 0 spiro atoms. The van der Waals surface area contributed by atoms with Crippen molar-refractivity contribution in [3.8, 4) is 5.82 Å². The second-order valence-corrected chi connectivity index (χ2v) is 6.77. The first-order valence-corrected chi connectivity index (χ1v) is 9.27. The van der Waals surface area contributed by atoms with Crippen LogP contribution in [0.25, 0.3) is 16.0 Å². The number of fused-ring (bicyclic) bond motifs is 1. The molecule has 0 aliphatic carbocycles. The number of hydrogen-bond donors (Lipinski definition) is 2. The molecule has 2 N–H and O–H groups in total. The van der Waals surface area contributed by atoms with Gasteiger partial charge in [0, 0.05) is 30.9 Å². The van der Waals surface area contributed by atoms with Crippen molar-refractivity contribution < 1.29 is 4.79 Å². The van der Waals surface area contributed by atoms with E-state index in [-0.39, 0.29) is 5.91 Å². The van der Waals surface area contributed by atoms with E-state index in [0.29, 0.717) is 30.3 Å². The molecule has 0 unspecified atom stereocenters. The Morgan fingerprint density at radius 1 is 1.15 bits per heavy atom. The topological polar surface area (TPSA) is 97.6 Å². The Kier molecular flexibility index (Phi) is 4.75. The number of anilines is 1. The Hall–Kier alpha value is -3.33. The number of aryl methyl sites for hydroxylation is 1. The Morgan fingerprint density at radius 3 is 2.93 bits per heavy atom. The zero-order valence-corrected chi connectivity index (χ0v) is 15.4. The molecule has 1 aromatic carbocycles. The molecule has 0 bridgehead atoms. The molecule has 0 radical (unpaired) electrons. The summed E-state index contributed by atoms with van der Waals surface area (Å²) >= 11 is 1.52. The molecule has 0 aliphatic rings. The van der Waals surface area contributed by atoms with Crippen molar-refractivity contribution in [2.45, 2.75) is 6.92 Å². The van der Waals surface area contributed by atoms with Crippen LogP contribution in [0.15, 0.2) is 48.4 Å². The van der Waals surface area contributed by atoms with Gasteiger partial charge in [0.2, 0.25) is 0 Å². The Labute approximate surface area is 159 Å². The fraction of sp³-hybridized carbons (Fsp3) is 0.167. The molecule has 0 atom stereocenters. The third-order valence-corrected chi connectivity index (χ3v) is 4.71. The highest BCUT2D eigenvalue weighted by atomic mass is 32.1. The predicted molar refractivity (Wildman–Crippen MR) is 104 cm³/mol. The van der Waals surface area contributed by atoms with Crippen LogP contribution in [0.4, 0.5) is 5.82 Å². The molecule has 3 aromatic heterocycles. The van der Waals surface area contributed by atoms with Crippen molar-refractivity contribution >= 4 is 33.3 Å². The maximum absolute atomic E-state index is 12.3. The monoisotopic (exact) mass is 379 g/mol. The molecular weight excluding hydrogens is 362 g/mol. The lowest BCUT2D eigenvalue weighted by Crippen LogP contribution is -2.28. The van der Waals surface area contributed by atoms with Crippen molar-refractivity contribution in [1.82, 2.24) is 30.0 Å². The molecule has 0 fully saturated rings. The highest BCUT2D eigenvalue weighted by Crippen LogP contribution is 2.18. The van der Waals surface area contributed by atoms with E-state index < -0.39 is 0 Å². The van der Waals surface area contributed by atoms with Crippen LogP contribution in [0, 0.1) is 6.92 Å². The van der Waals surface area contributed by atoms with Crippen molar-refractivity contribution in [2.75, 3.05) is 18.4 Å². The van der Waals surface area contributed by atoms with Crippen LogP contribution in [-0.4, -0.2) is 43.7 Å². The van der Waals surface area contributed by atoms with Gasteiger partial charge in [-0.15, -0.1) is 11.3 Å². The second kappa shape index (κ2) is 7.50. The number of carbonyl (C=O) groups is 1. The fourth-order valence-electron chi connectivity index (χ4n) is 2.58. The van der Waals surface area contributed by atoms with Crippen molar-refractivity contribution in [3.63, 3.8) is 0 Å². The van der Waals surface area contributed by atoms with Crippen LogP contribution in [0.3, 0.4) is 0 Å². The first-order valence-electron chi connectivity index (χ1n) is 8.39. The summed E-state index contributed by atoms with van der Waals surface area (Å²) in [5.41, 5.74) is 4.23. The number of aromatic nitrogens is 5. The summed E-state index contributed by atoms with van der Waals surface area (Å²) in [5, 5.41) is 10.4. The van der Waals surface area contributed by atoms with Crippen LogP contribution < -0.4 is 10.6 Å². The van der Waals surface area contributed by atoms with Crippen LogP contribution in [0.2, 0.25) is 0 Å². The lowest BCUT2D eigenvalue weighted by molar-refractivity contribution is 0.0955. The minimum atomic E-state index is -0.109. The number of carbonyl (C=O) groups excluding carboxylic acids is 1. The molecule has 1 amide bonds. The summed E-state index contributed by atoms with van der Waals surface area (Å²) in [7, 11) is 0. The maximum atomic E-state index is 12.3. The Morgan fingerprint density at radius 2 is 2.07 bits per heavy atom. The van der Waals surface area contributed by atoms with E-state index in [4.69, 9.17) is 0 Å². The van der Waals surface area contributed by atoms with Crippen LogP contribution in [0.1, 0.15) is 16.1 Å². The van der Waals surface area contributed by atoms with E-state index in [9.17, 15) is 4.79 Å². The third-order valence-electron chi connectivity index (χ3n) is 3.92. The van der Waals surface area contributed by atoms with Gasteiger partial charge in [0.15, 0.2) is 5.82 Å². The SMILES string of the molecule is Cc1ccn(-c2cc(NCCNC(=O)c3ccc4ncsc4c3)ncn2)n1. The van der Waals surface area contributed by atoms with Crippen LogP contribution in [-0.2, 0) is 0 Å². The van der Waals surface area contributed by atoms with E-state index in [1.165, 1.54) is 17.7 Å². The average Bonchev–Trinajstić information content (AvgIpc) is 3.33. The highest BCUT2D eigenvalue weighted by molar-refractivity contribution is 7.16. The number of amides is 1. The number of nitrogens with one attached hydrogen (secondary N) is 2. The van der Waals surface area contributed by atoms with Gasteiger partial charge in [0.25, 0.3) is 5.91 Å². The van der Waals surface area contributed by atoms with E-state index in [0.717, 1.165) is 15.9 Å². The number of benzene rings is 1. The number of thiazole rings is 1. The van der Waals surface area contributed by atoms with Gasteiger partial charge in [-0.1, -0.05) is 0 Å². The van der Waals surface area contributed by atoms with Gasteiger partial charge in [-0.25, -0.2) is 19.6 Å². The van der Waals surface area contributed by atoms with Gasteiger partial charge in [-0.3, -0.25) is 4.79 Å². The normalized spacial score (nSPS) is 10.9. The molecular formula is C18H17N7OS. The minimum absolute atomic E-state index is 0.109. The zero-order valence-electron chi connectivity index (χ0n) is 14.6. The molecule has 9 heteroatoms. The van der Waals surface area contributed by atoms with Crippen molar-refractivity contribution in [3.05, 3.63) is 59.6 Å². The summed E-state index contributed by atoms with van der Waals surface area (Å²) < 4.78 is 2.70. The van der Waals surface area contributed by atoms with E-state index in [2.05, 4.69) is 30.7 Å². The quantitative estimate of drug-likeness (QED) is 0.499. The van der Waals surface area contributed by atoms with Crippen LogP contribution >= 0.6 is 11.3 Å². The lowest BCUT2D eigenvalue weighted by atomic mass is 10.2. The summed E-state index contributed by atoms with van der Waals surface area (Å²) in [6, 6.07) is 9.23. The smallest absolute Gasteiger partial charge is 0.251 e. The third kappa shape index (κ3) is 3.93. The Bertz CT molecular complexity index is 1090. The van der Waals surface area contributed by atoms with Gasteiger partial charge in [-0.05, 0) is 31.2 Å². The first-order chi connectivity index (χ1) is 13.2. The molecule has 0 aliphatic heterocycles. The minimum Gasteiger partial charge on any atom is -0.368 e. The molecule has 0 saturated heterocycles. The average molecular weight is 379 g/mol. The number of hydrogen-bond acceptors (Lipinski definition) is 7. The molecule has 4 rings (SSSR count). The van der Waals surface area contributed by atoms with Crippen molar-refractivity contribution in [1.29, 1.82) is 0 Å². The maximum Gasteiger partial charge on any atom is 0.251 e. The molecule has 3 heterocycles. The molecule has 4 aromatic rings. The molecule has 27 heavy (non-hydrogen) atoms. The summed E-state index contributed by atoms with van der Waals surface area (Å²) in [6.07, 6.45) is 3.33. The molecule has 136 valence electrons. The zero-order chi connectivity index (χ0) is 18.6. The number of rotatable bonds is 6. The van der Waals surface area contributed by atoms with Gasteiger partial charge < -0.3 is 10.6 Å². The fourth-order valence-corrected chi connectivity index (χ4v) is 3.29. The lowest BCUT2D eigenvalue weighted by Gasteiger charge is -2.08. The highest BCUT2D eigenvalue weighted by Gasteiger charge is 2.07. The summed E-state index contributed by atoms with van der Waals surface area (Å²) in [4.78, 5) is 24.9. The molecule has 8 nitrogen and oxygen atoms in total. The van der Waals surface area contributed by atoms with E-state index in [1.807, 2.05) is 37.4 Å². The predicted octanol–water partition coefficient (Wildman–Crippen LogP) is 2.42. The first kappa shape index (κ1) is 17.1. The van der Waals surface area contributed by atoms with E-state index in [1.54, 1.807) is 16.3 Å². The van der Waals surface area contributed by atoms with E-state index >= 15 is 0 Å². The number of nitrogens with zero attached hydrogens (tertiary/aromatic N) is 5. The molecule has 0 saturated carbocycles. The summed E-state index contributed by atoms with van der Waals surface area (Å²) in [5.74, 6) is 1.25. The van der Waals surface area contributed by atoms with Gasteiger partial charge in [0.1, 0.15) is 12.1 Å². The van der Waals surface area contributed by atoms with Gasteiger partial charge in [0.05, 0.1) is 21.4 Å². The van der Waals surface area contributed by atoms with Crippen LogP contribution in [0.5, 0.6) is 0 Å². The van der Waals surface area contributed by atoms with Gasteiger partial charge in [-0.2, -0.15) is 5.10 Å².